The van der Waals surface area contributed by atoms with Gasteiger partial charge in [0.15, 0.2) is 0 Å². The van der Waals surface area contributed by atoms with Crippen LogP contribution in [-0.4, -0.2) is 16.9 Å². The molecule has 0 aliphatic heterocycles. The first-order valence-corrected chi connectivity index (χ1v) is 4.99. The Morgan fingerprint density at radius 3 is 2.14 bits per heavy atom. The molecule has 0 amide bonds. The topological polar surface area (TPSA) is 54.4 Å². The number of carboxylic acid groups (broad SMARTS) is 1. The van der Waals surface area contributed by atoms with Crippen LogP contribution in [0.2, 0.25) is 0 Å². The van der Waals surface area contributed by atoms with Crippen molar-refractivity contribution in [3.8, 4) is 0 Å². The lowest BCUT2D eigenvalue weighted by Crippen LogP contribution is -2.41. The maximum absolute atomic E-state index is 11.3. The zero-order chi connectivity index (χ0) is 10.3. The first-order valence-electron chi connectivity index (χ1n) is 4.99. The molecular formula is C11H14O3. The number of fused-ring (bicyclic) bond motifs is 2. The zero-order valence-corrected chi connectivity index (χ0v) is 8.03. The molecule has 2 rings (SSSR count). The second-order valence-corrected chi connectivity index (χ2v) is 4.49. The summed E-state index contributed by atoms with van der Waals surface area (Å²) in [5.41, 5.74) is 1.12. The molecule has 1 N–H and O–H groups in total. The Labute approximate surface area is 82.8 Å². The van der Waals surface area contributed by atoms with E-state index in [0.717, 1.165) is 18.4 Å². The molecule has 2 saturated carbocycles. The van der Waals surface area contributed by atoms with Gasteiger partial charge in [-0.25, -0.2) is 0 Å². The molecule has 2 unspecified atom stereocenters. The van der Waals surface area contributed by atoms with Gasteiger partial charge in [-0.15, -0.1) is 0 Å². The molecule has 0 heterocycles. The number of aliphatic carboxylic acids is 1. The second-order valence-electron chi connectivity index (χ2n) is 4.49. The van der Waals surface area contributed by atoms with Crippen molar-refractivity contribution in [3.63, 3.8) is 0 Å². The van der Waals surface area contributed by atoms with Crippen LogP contribution in [0.25, 0.3) is 0 Å². The van der Waals surface area contributed by atoms with Gasteiger partial charge in [0.05, 0.1) is 5.92 Å². The Balaban J connectivity index is 2.25. The van der Waals surface area contributed by atoms with Gasteiger partial charge >= 0.3 is 5.97 Å². The van der Waals surface area contributed by atoms with E-state index >= 15 is 0 Å². The Morgan fingerprint density at radius 2 is 1.71 bits per heavy atom. The van der Waals surface area contributed by atoms with Crippen molar-refractivity contribution in [2.45, 2.75) is 25.7 Å². The van der Waals surface area contributed by atoms with E-state index in [2.05, 4.69) is 6.58 Å². The van der Waals surface area contributed by atoms with Gasteiger partial charge < -0.3 is 5.11 Å². The summed E-state index contributed by atoms with van der Waals surface area (Å²) in [5.74, 6) is -0.789. The van der Waals surface area contributed by atoms with E-state index in [1.54, 1.807) is 0 Å². The first kappa shape index (κ1) is 9.44. The van der Waals surface area contributed by atoms with Crippen LogP contribution in [0, 0.1) is 17.8 Å². The standard InChI is InChI=1S/C11H14O3/c1-6-2-7-4-9(12)5-8(3-6)10(7)11(13)14/h7-8,10H,1-5H2,(H,13,14). The van der Waals surface area contributed by atoms with Crippen LogP contribution in [0.4, 0.5) is 0 Å². The van der Waals surface area contributed by atoms with Crippen LogP contribution in [0.15, 0.2) is 12.2 Å². The van der Waals surface area contributed by atoms with Crippen molar-refractivity contribution < 1.29 is 14.7 Å². The fourth-order valence-electron chi connectivity index (χ4n) is 2.93. The number of carbonyl (C=O) groups excluding carboxylic acids is 1. The highest BCUT2D eigenvalue weighted by atomic mass is 16.4. The SMILES string of the molecule is C=C1CC2CC(=O)CC(C1)C2C(=O)O. The molecule has 0 aromatic carbocycles. The predicted octanol–water partition coefficient (Wildman–Crippen LogP) is 1.63. The van der Waals surface area contributed by atoms with Gasteiger partial charge in [-0.05, 0) is 24.7 Å². The molecule has 2 fully saturated rings. The van der Waals surface area contributed by atoms with Crippen LogP contribution >= 0.6 is 0 Å². The molecule has 2 bridgehead atoms. The zero-order valence-electron chi connectivity index (χ0n) is 8.03. The minimum absolute atomic E-state index is 0.0139. The smallest absolute Gasteiger partial charge is 0.307 e. The summed E-state index contributed by atoms with van der Waals surface area (Å²) in [6.45, 7) is 3.91. The van der Waals surface area contributed by atoms with Crippen molar-refractivity contribution in [1.82, 2.24) is 0 Å². The summed E-state index contributed by atoms with van der Waals surface area (Å²) in [4.78, 5) is 22.4. The molecule has 3 heteroatoms. The molecule has 3 nitrogen and oxygen atoms in total. The van der Waals surface area contributed by atoms with E-state index in [1.165, 1.54) is 0 Å². The lowest BCUT2D eigenvalue weighted by atomic mass is 9.63. The van der Waals surface area contributed by atoms with Gasteiger partial charge in [-0.3, -0.25) is 9.59 Å². The highest BCUT2D eigenvalue weighted by Gasteiger charge is 2.44. The van der Waals surface area contributed by atoms with Crippen LogP contribution in [-0.2, 0) is 9.59 Å². The monoisotopic (exact) mass is 194 g/mol. The fourth-order valence-corrected chi connectivity index (χ4v) is 2.93. The number of carboxylic acids is 1. The fraction of sp³-hybridized carbons (Fsp3) is 0.636. The van der Waals surface area contributed by atoms with E-state index in [0.29, 0.717) is 12.8 Å². The van der Waals surface area contributed by atoms with E-state index in [1.807, 2.05) is 0 Å². The van der Waals surface area contributed by atoms with E-state index in [4.69, 9.17) is 5.11 Å². The van der Waals surface area contributed by atoms with E-state index in [-0.39, 0.29) is 23.5 Å². The molecule has 0 saturated heterocycles. The summed E-state index contributed by atoms with van der Waals surface area (Å²) >= 11 is 0. The summed E-state index contributed by atoms with van der Waals surface area (Å²) < 4.78 is 0. The van der Waals surface area contributed by atoms with Crippen LogP contribution in [0.3, 0.4) is 0 Å². The normalized spacial score (nSPS) is 37.0. The minimum atomic E-state index is -0.736. The molecule has 2 aliphatic rings. The van der Waals surface area contributed by atoms with Gasteiger partial charge in [0.25, 0.3) is 0 Å². The third-order valence-corrected chi connectivity index (χ3v) is 3.38. The summed E-state index contributed by atoms with van der Waals surface area (Å²) in [5, 5.41) is 9.08. The lowest BCUT2D eigenvalue weighted by Gasteiger charge is -2.40. The maximum Gasteiger partial charge on any atom is 0.307 e. The lowest BCUT2D eigenvalue weighted by molar-refractivity contribution is -0.150. The summed E-state index contributed by atoms with van der Waals surface area (Å²) in [6, 6.07) is 0. The average Bonchev–Trinajstić information content (AvgIpc) is 1.99. The van der Waals surface area contributed by atoms with E-state index < -0.39 is 5.97 Å². The van der Waals surface area contributed by atoms with Crippen molar-refractivity contribution >= 4 is 11.8 Å². The largest absolute Gasteiger partial charge is 0.481 e. The van der Waals surface area contributed by atoms with Gasteiger partial charge in [0, 0.05) is 12.8 Å². The molecule has 0 aromatic heterocycles. The molecular weight excluding hydrogens is 180 g/mol. The van der Waals surface area contributed by atoms with Crippen molar-refractivity contribution in [2.75, 3.05) is 0 Å². The number of hydrogen-bond acceptors (Lipinski definition) is 2. The first-order chi connectivity index (χ1) is 6.58. The summed E-state index contributed by atoms with van der Waals surface area (Å²) in [6.07, 6.45) is 2.32. The number of carbonyl (C=O) groups is 2. The van der Waals surface area contributed by atoms with Gasteiger partial charge in [-0.2, -0.15) is 0 Å². The molecule has 0 aromatic rings. The number of allylic oxidation sites excluding steroid dienone is 1. The number of Topliss-reactive ketones (excluding diaryl/α,β-unsaturated/α-hetero) is 1. The molecule has 0 radical (unpaired) electrons. The Kier molecular flexibility index (Phi) is 2.17. The van der Waals surface area contributed by atoms with Crippen molar-refractivity contribution in [1.29, 1.82) is 0 Å². The molecule has 2 atom stereocenters. The third kappa shape index (κ3) is 1.47. The van der Waals surface area contributed by atoms with Crippen molar-refractivity contribution in [2.24, 2.45) is 17.8 Å². The molecule has 2 aliphatic carbocycles. The minimum Gasteiger partial charge on any atom is -0.481 e. The summed E-state index contributed by atoms with van der Waals surface area (Å²) in [7, 11) is 0. The third-order valence-electron chi connectivity index (χ3n) is 3.38. The highest BCUT2D eigenvalue weighted by molar-refractivity contribution is 5.83. The predicted molar refractivity (Wildman–Crippen MR) is 50.7 cm³/mol. The molecule has 76 valence electrons. The Morgan fingerprint density at radius 1 is 1.21 bits per heavy atom. The Hall–Kier alpha value is -1.12. The second kappa shape index (κ2) is 3.23. The van der Waals surface area contributed by atoms with Crippen LogP contribution in [0.5, 0.6) is 0 Å². The quantitative estimate of drug-likeness (QED) is 0.645. The van der Waals surface area contributed by atoms with Crippen LogP contribution in [0.1, 0.15) is 25.7 Å². The van der Waals surface area contributed by atoms with Gasteiger partial charge in [0.2, 0.25) is 0 Å². The molecule has 14 heavy (non-hydrogen) atoms. The maximum atomic E-state index is 11.3. The highest BCUT2D eigenvalue weighted by Crippen LogP contribution is 2.44. The van der Waals surface area contributed by atoms with Gasteiger partial charge in [0.1, 0.15) is 5.78 Å². The Bertz CT molecular complexity index is 266. The van der Waals surface area contributed by atoms with Crippen molar-refractivity contribution in [3.05, 3.63) is 12.2 Å². The number of rotatable bonds is 1. The number of ketones is 1. The van der Waals surface area contributed by atoms with Crippen LogP contribution < -0.4 is 0 Å². The van der Waals surface area contributed by atoms with E-state index in [9.17, 15) is 9.59 Å². The van der Waals surface area contributed by atoms with Gasteiger partial charge in [-0.1, -0.05) is 12.2 Å². The average molecular weight is 194 g/mol. The number of hydrogen-bond donors (Lipinski definition) is 1. The molecule has 0 spiro atoms.